The zero-order valence-electron chi connectivity index (χ0n) is 29.7. The molecule has 0 radical (unpaired) electrons. The highest BCUT2D eigenvalue weighted by atomic mass is 14.9. The van der Waals surface area contributed by atoms with Crippen molar-refractivity contribution < 1.29 is 0 Å². The fourth-order valence-corrected chi connectivity index (χ4v) is 8.48. The van der Waals surface area contributed by atoms with Gasteiger partial charge in [-0.15, -0.1) is 0 Å². The Morgan fingerprint density at radius 2 is 0.906 bits per heavy atom. The highest BCUT2D eigenvalue weighted by Crippen LogP contribution is 2.53. The molecule has 1 aromatic heterocycles. The van der Waals surface area contributed by atoms with Gasteiger partial charge in [-0.1, -0.05) is 184 Å². The molecule has 0 amide bonds. The van der Waals surface area contributed by atoms with Crippen LogP contribution in [0.2, 0.25) is 0 Å². The molecule has 0 N–H and O–H groups in total. The summed E-state index contributed by atoms with van der Waals surface area (Å²) in [5.74, 6) is 0.717. The molecule has 2 nitrogen and oxygen atoms in total. The van der Waals surface area contributed by atoms with Crippen molar-refractivity contribution in [2.75, 3.05) is 0 Å². The van der Waals surface area contributed by atoms with Crippen molar-refractivity contribution in [2.24, 2.45) is 0 Å². The van der Waals surface area contributed by atoms with Crippen LogP contribution in [0, 0.1) is 0 Å². The number of nitrogens with zero attached hydrogens (tertiary/aromatic N) is 2. The Balaban J connectivity index is 1.14. The second-order valence-corrected chi connectivity index (χ2v) is 14.5. The largest absolute Gasteiger partial charge is 0.228 e. The fraction of sp³-hybridized carbons (Fsp3) is 0.0588. The van der Waals surface area contributed by atoms with Crippen molar-refractivity contribution in [1.82, 2.24) is 9.97 Å². The number of hydrogen-bond donors (Lipinski definition) is 0. The van der Waals surface area contributed by atoms with Gasteiger partial charge < -0.3 is 0 Å². The van der Waals surface area contributed by atoms with Crippen LogP contribution in [0.1, 0.15) is 25.0 Å². The molecule has 8 aromatic carbocycles. The normalized spacial score (nSPS) is 12.9. The maximum Gasteiger partial charge on any atom is 0.160 e. The summed E-state index contributed by atoms with van der Waals surface area (Å²) in [6.07, 6.45) is 0. The molecule has 53 heavy (non-hydrogen) atoms. The van der Waals surface area contributed by atoms with Crippen LogP contribution < -0.4 is 0 Å². The molecule has 0 spiro atoms. The number of benzene rings is 8. The lowest BCUT2D eigenvalue weighted by Gasteiger charge is -2.22. The van der Waals surface area contributed by atoms with E-state index in [1.54, 1.807) is 0 Å². The van der Waals surface area contributed by atoms with Gasteiger partial charge in [0.2, 0.25) is 0 Å². The van der Waals surface area contributed by atoms with Crippen LogP contribution in [0.4, 0.5) is 0 Å². The molecule has 1 heterocycles. The lowest BCUT2D eigenvalue weighted by Crippen LogP contribution is -2.15. The molecule has 0 fully saturated rings. The molecule has 0 unspecified atom stereocenters. The molecule has 2 heteroatoms. The predicted octanol–water partition coefficient (Wildman–Crippen LogP) is 13.4. The van der Waals surface area contributed by atoms with E-state index in [0.717, 1.165) is 33.9 Å². The first-order valence-electron chi connectivity index (χ1n) is 18.3. The molecule has 0 bridgehead atoms. The summed E-state index contributed by atoms with van der Waals surface area (Å²) in [5, 5.41) is 4.74. The van der Waals surface area contributed by atoms with Crippen molar-refractivity contribution >= 4 is 21.5 Å². The van der Waals surface area contributed by atoms with E-state index >= 15 is 0 Å². The predicted molar refractivity (Wildman–Crippen MR) is 222 cm³/mol. The minimum absolute atomic E-state index is 0.131. The van der Waals surface area contributed by atoms with Crippen molar-refractivity contribution in [3.8, 4) is 67.3 Å². The molecule has 250 valence electrons. The standard InChI is InChI=1S/C51H36N2/c1-51(2)45-26-14-24-39(34-15-5-3-6-16-34)49(45)44-28-27-36(31-46(44)51)38-29-30-43(41-23-12-11-22-40(38)41)48-32-47(52-50(53-48)35-18-7-4-8-19-35)42-25-13-20-33-17-9-10-21-37(33)42/h3-32H,1-2H3. The molecule has 0 saturated carbocycles. The maximum absolute atomic E-state index is 5.24. The van der Waals surface area contributed by atoms with Crippen LogP contribution in [0.3, 0.4) is 0 Å². The summed E-state index contributed by atoms with van der Waals surface area (Å²) >= 11 is 0. The molecular formula is C51H36N2. The van der Waals surface area contributed by atoms with E-state index in [2.05, 4.69) is 178 Å². The van der Waals surface area contributed by atoms with Crippen molar-refractivity contribution in [2.45, 2.75) is 19.3 Å². The number of fused-ring (bicyclic) bond motifs is 5. The van der Waals surface area contributed by atoms with E-state index in [-0.39, 0.29) is 5.41 Å². The van der Waals surface area contributed by atoms with Gasteiger partial charge in [-0.2, -0.15) is 0 Å². The lowest BCUT2D eigenvalue weighted by molar-refractivity contribution is 0.661. The Hall–Kier alpha value is -6.64. The Kier molecular flexibility index (Phi) is 7.19. The summed E-state index contributed by atoms with van der Waals surface area (Å²) < 4.78 is 0. The summed E-state index contributed by atoms with van der Waals surface area (Å²) in [6, 6.07) is 65.4. The molecule has 9 aromatic rings. The second-order valence-electron chi connectivity index (χ2n) is 14.5. The zero-order valence-corrected chi connectivity index (χ0v) is 29.7. The van der Waals surface area contributed by atoms with Gasteiger partial charge >= 0.3 is 0 Å². The first-order valence-corrected chi connectivity index (χ1v) is 18.3. The lowest BCUT2D eigenvalue weighted by atomic mass is 9.81. The Bertz CT molecular complexity index is 2850. The zero-order chi connectivity index (χ0) is 35.5. The topological polar surface area (TPSA) is 25.8 Å². The molecule has 10 rings (SSSR count). The molecular weight excluding hydrogens is 641 g/mol. The van der Waals surface area contributed by atoms with E-state index in [0.29, 0.717) is 0 Å². The van der Waals surface area contributed by atoms with E-state index in [9.17, 15) is 0 Å². The van der Waals surface area contributed by atoms with Gasteiger partial charge in [0, 0.05) is 22.1 Å². The smallest absolute Gasteiger partial charge is 0.160 e. The number of aromatic nitrogens is 2. The molecule has 0 saturated heterocycles. The van der Waals surface area contributed by atoms with Gasteiger partial charge in [-0.25, -0.2) is 9.97 Å². The van der Waals surface area contributed by atoms with Gasteiger partial charge in [0.1, 0.15) is 0 Å². The SMILES string of the molecule is CC1(C)c2cc(-c3ccc(-c4cc(-c5cccc6ccccc56)nc(-c5ccccc5)n4)c4ccccc34)ccc2-c2c(-c3ccccc3)cccc21. The van der Waals surface area contributed by atoms with Crippen LogP contribution in [-0.2, 0) is 5.41 Å². The highest BCUT2D eigenvalue weighted by Gasteiger charge is 2.37. The van der Waals surface area contributed by atoms with Crippen molar-refractivity contribution in [1.29, 1.82) is 0 Å². The fourth-order valence-electron chi connectivity index (χ4n) is 8.48. The molecule has 1 aliphatic carbocycles. The molecule has 0 aliphatic heterocycles. The van der Waals surface area contributed by atoms with Gasteiger partial charge in [-0.05, 0) is 78.2 Å². The van der Waals surface area contributed by atoms with Crippen LogP contribution in [-0.4, -0.2) is 9.97 Å². The minimum Gasteiger partial charge on any atom is -0.228 e. The summed E-state index contributed by atoms with van der Waals surface area (Å²) in [6.45, 7) is 4.73. The third-order valence-corrected chi connectivity index (χ3v) is 11.1. The quantitative estimate of drug-likeness (QED) is 0.181. The van der Waals surface area contributed by atoms with Gasteiger partial charge in [0.05, 0.1) is 11.4 Å². The monoisotopic (exact) mass is 676 g/mol. The van der Waals surface area contributed by atoms with Gasteiger partial charge in [-0.3, -0.25) is 0 Å². The maximum atomic E-state index is 5.24. The van der Waals surface area contributed by atoms with E-state index in [1.807, 2.05) is 18.2 Å². The highest BCUT2D eigenvalue weighted by molar-refractivity contribution is 6.06. The molecule has 1 aliphatic rings. The van der Waals surface area contributed by atoms with Gasteiger partial charge in [0.15, 0.2) is 5.82 Å². The van der Waals surface area contributed by atoms with Crippen LogP contribution in [0.25, 0.3) is 88.8 Å². The van der Waals surface area contributed by atoms with Gasteiger partial charge in [0.25, 0.3) is 0 Å². The second kappa shape index (κ2) is 12.3. The molecule has 0 atom stereocenters. The van der Waals surface area contributed by atoms with Crippen LogP contribution >= 0.6 is 0 Å². The average molecular weight is 677 g/mol. The number of hydrogen-bond acceptors (Lipinski definition) is 2. The third kappa shape index (κ3) is 5.10. The van der Waals surface area contributed by atoms with Crippen LogP contribution in [0.15, 0.2) is 182 Å². The summed E-state index contributed by atoms with van der Waals surface area (Å²) in [4.78, 5) is 10.4. The number of rotatable bonds is 5. The van der Waals surface area contributed by atoms with E-state index in [4.69, 9.17) is 9.97 Å². The van der Waals surface area contributed by atoms with Crippen molar-refractivity contribution in [3.63, 3.8) is 0 Å². The van der Waals surface area contributed by atoms with E-state index in [1.165, 1.54) is 66.1 Å². The van der Waals surface area contributed by atoms with Crippen molar-refractivity contribution in [3.05, 3.63) is 193 Å². The first kappa shape index (κ1) is 31.1. The first-order chi connectivity index (χ1) is 26.0. The minimum atomic E-state index is -0.131. The summed E-state index contributed by atoms with van der Waals surface area (Å²) in [7, 11) is 0. The Labute approximate surface area is 310 Å². The Morgan fingerprint density at radius 3 is 1.66 bits per heavy atom. The Morgan fingerprint density at radius 1 is 0.358 bits per heavy atom. The van der Waals surface area contributed by atoms with E-state index < -0.39 is 0 Å². The van der Waals surface area contributed by atoms with Crippen LogP contribution in [0.5, 0.6) is 0 Å². The summed E-state index contributed by atoms with van der Waals surface area (Å²) in [5.41, 5.74) is 15.3. The average Bonchev–Trinajstić information content (AvgIpc) is 3.46. The third-order valence-electron chi connectivity index (χ3n) is 11.1.